The van der Waals surface area contributed by atoms with Crippen LogP contribution in [0.5, 0.6) is 0 Å². The first-order valence-corrected chi connectivity index (χ1v) is 8.83. The highest BCUT2D eigenvalue weighted by molar-refractivity contribution is 7.91. The maximum Gasteiger partial charge on any atom is 0.250 e. The second-order valence-corrected chi connectivity index (χ2v) is 7.46. The predicted molar refractivity (Wildman–Crippen MR) is 85.7 cm³/mol. The lowest BCUT2D eigenvalue weighted by Gasteiger charge is -2.13. The van der Waals surface area contributed by atoms with Gasteiger partial charge in [0.25, 0.3) is 0 Å². The van der Waals surface area contributed by atoms with Crippen molar-refractivity contribution in [1.82, 2.24) is 19.7 Å². The highest BCUT2D eigenvalue weighted by atomic mass is 32.2. The highest BCUT2D eigenvalue weighted by Gasteiger charge is 2.25. The molecule has 124 valence electrons. The van der Waals surface area contributed by atoms with Crippen LogP contribution in [-0.2, 0) is 27.6 Å². The van der Waals surface area contributed by atoms with Crippen LogP contribution in [0.15, 0.2) is 35.5 Å². The van der Waals surface area contributed by atoms with Gasteiger partial charge in [-0.05, 0) is 18.9 Å². The number of nitrogens with zero attached hydrogens (tertiary/aromatic N) is 4. The van der Waals surface area contributed by atoms with Gasteiger partial charge in [-0.25, -0.2) is 8.42 Å². The summed E-state index contributed by atoms with van der Waals surface area (Å²) in [5.41, 5.74) is 0.934. The minimum absolute atomic E-state index is 0.0781. The number of benzene rings is 1. The summed E-state index contributed by atoms with van der Waals surface area (Å²) in [6.07, 6.45) is 0.386. The van der Waals surface area contributed by atoms with Crippen molar-refractivity contribution in [2.45, 2.75) is 25.0 Å². The van der Waals surface area contributed by atoms with Crippen molar-refractivity contribution in [3.8, 4) is 0 Å². The van der Waals surface area contributed by atoms with Gasteiger partial charge >= 0.3 is 0 Å². The molecule has 2 aromatic rings. The molecule has 0 spiro atoms. The molecule has 0 saturated carbocycles. The Balaban J connectivity index is 2.21. The Bertz CT molecular complexity index is 782. The number of aromatic nitrogens is 3. The molecule has 0 aliphatic rings. The van der Waals surface area contributed by atoms with Gasteiger partial charge in [0.1, 0.15) is 12.4 Å². The van der Waals surface area contributed by atoms with Crippen molar-refractivity contribution in [3.05, 3.63) is 41.7 Å². The number of amides is 1. The smallest absolute Gasteiger partial charge is 0.250 e. The molecule has 0 unspecified atom stereocenters. The quantitative estimate of drug-likeness (QED) is 0.775. The zero-order chi connectivity index (χ0) is 17.0. The van der Waals surface area contributed by atoms with E-state index >= 15 is 0 Å². The SMILES string of the molecule is Cc1nnc(S(=O)(=O)CCc2ccccc2)n1CC(=O)N(C)C. The zero-order valence-electron chi connectivity index (χ0n) is 13.4. The third kappa shape index (κ3) is 4.16. The fourth-order valence-corrected chi connectivity index (χ4v) is 3.42. The van der Waals surface area contributed by atoms with E-state index in [1.807, 2.05) is 30.3 Å². The van der Waals surface area contributed by atoms with E-state index in [2.05, 4.69) is 10.2 Å². The monoisotopic (exact) mass is 336 g/mol. The summed E-state index contributed by atoms with van der Waals surface area (Å²) in [6, 6.07) is 9.36. The zero-order valence-corrected chi connectivity index (χ0v) is 14.2. The molecule has 0 atom stereocenters. The fraction of sp³-hybridized carbons (Fsp3) is 0.400. The van der Waals surface area contributed by atoms with Gasteiger partial charge in [0.15, 0.2) is 0 Å². The maximum absolute atomic E-state index is 12.5. The molecule has 1 heterocycles. The van der Waals surface area contributed by atoms with Gasteiger partial charge in [-0.2, -0.15) is 0 Å². The van der Waals surface area contributed by atoms with Crippen molar-refractivity contribution in [2.75, 3.05) is 19.8 Å². The largest absolute Gasteiger partial charge is 0.347 e. The Kier molecular flexibility index (Phi) is 5.15. The maximum atomic E-state index is 12.5. The van der Waals surface area contributed by atoms with E-state index in [0.29, 0.717) is 12.2 Å². The second kappa shape index (κ2) is 6.91. The van der Waals surface area contributed by atoms with Crippen LogP contribution < -0.4 is 0 Å². The van der Waals surface area contributed by atoms with Crippen LogP contribution in [-0.4, -0.2) is 53.8 Å². The van der Waals surface area contributed by atoms with Crippen molar-refractivity contribution in [1.29, 1.82) is 0 Å². The molecule has 0 fully saturated rings. The Labute approximate surface area is 135 Å². The number of carbonyl (C=O) groups excluding carboxylic acids is 1. The van der Waals surface area contributed by atoms with Crippen molar-refractivity contribution in [2.24, 2.45) is 0 Å². The molecular formula is C15H20N4O3S. The fourth-order valence-electron chi connectivity index (χ4n) is 2.04. The highest BCUT2D eigenvalue weighted by Crippen LogP contribution is 2.13. The molecule has 0 bridgehead atoms. The molecule has 0 aliphatic heterocycles. The average molecular weight is 336 g/mol. The minimum atomic E-state index is -3.62. The molecule has 1 aromatic carbocycles. The van der Waals surface area contributed by atoms with Gasteiger partial charge in [0.05, 0.1) is 5.75 Å². The van der Waals surface area contributed by atoms with E-state index in [9.17, 15) is 13.2 Å². The number of hydrogen-bond acceptors (Lipinski definition) is 5. The Hall–Kier alpha value is -2.22. The van der Waals surface area contributed by atoms with Crippen LogP contribution >= 0.6 is 0 Å². The van der Waals surface area contributed by atoms with Crippen LogP contribution in [0.1, 0.15) is 11.4 Å². The Morgan fingerprint density at radius 2 is 1.83 bits per heavy atom. The van der Waals surface area contributed by atoms with Crippen molar-refractivity contribution >= 4 is 15.7 Å². The van der Waals surface area contributed by atoms with Crippen LogP contribution in [0.25, 0.3) is 0 Å². The topological polar surface area (TPSA) is 85.2 Å². The van der Waals surface area contributed by atoms with Gasteiger partial charge in [0, 0.05) is 14.1 Å². The molecule has 23 heavy (non-hydrogen) atoms. The number of rotatable bonds is 6. The number of sulfone groups is 1. The third-order valence-electron chi connectivity index (χ3n) is 3.47. The molecule has 8 heteroatoms. The molecule has 0 saturated heterocycles. The second-order valence-electron chi connectivity index (χ2n) is 5.46. The van der Waals surface area contributed by atoms with Gasteiger partial charge in [-0.3, -0.25) is 9.36 Å². The molecule has 0 aliphatic carbocycles. The first-order valence-electron chi connectivity index (χ1n) is 7.18. The number of hydrogen-bond donors (Lipinski definition) is 0. The summed E-state index contributed by atoms with van der Waals surface area (Å²) in [6.45, 7) is 1.54. The van der Waals surface area contributed by atoms with E-state index in [4.69, 9.17) is 0 Å². The normalized spacial score (nSPS) is 11.4. The number of carbonyl (C=O) groups is 1. The van der Waals surface area contributed by atoms with Gasteiger partial charge < -0.3 is 4.90 Å². The van der Waals surface area contributed by atoms with E-state index < -0.39 is 9.84 Å². The van der Waals surface area contributed by atoms with Crippen LogP contribution in [0, 0.1) is 6.92 Å². The molecule has 0 radical (unpaired) electrons. The Morgan fingerprint density at radius 1 is 1.17 bits per heavy atom. The summed E-state index contributed by atoms with van der Waals surface area (Å²) in [4.78, 5) is 13.3. The van der Waals surface area contributed by atoms with Crippen LogP contribution in [0.3, 0.4) is 0 Å². The lowest BCUT2D eigenvalue weighted by molar-refractivity contribution is -0.129. The van der Waals surface area contributed by atoms with E-state index in [1.165, 1.54) is 9.47 Å². The minimum Gasteiger partial charge on any atom is -0.347 e. The Morgan fingerprint density at radius 3 is 2.43 bits per heavy atom. The lowest BCUT2D eigenvalue weighted by Crippen LogP contribution is -2.28. The predicted octanol–water partition coefficient (Wildman–Crippen LogP) is 0.691. The van der Waals surface area contributed by atoms with Gasteiger partial charge in [-0.1, -0.05) is 30.3 Å². The van der Waals surface area contributed by atoms with E-state index in [1.54, 1.807) is 21.0 Å². The summed E-state index contributed by atoms with van der Waals surface area (Å²) in [5.74, 6) is 0.108. The molecule has 1 aromatic heterocycles. The lowest BCUT2D eigenvalue weighted by atomic mass is 10.2. The molecule has 0 N–H and O–H groups in total. The summed E-state index contributed by atoms with van der Waals surface area (Å²) in [5, 5.41) is 7.43. The number of aryl methyl sites for hydroxylation is 2. The van der Waals surface area contributed by atoms with Gasteiger partial charge in [0.2, 0.25) is 20.9 Å². The van der Waals surface area contributed by atoms with E-state index in [-0.39, 0.29) is 23.4 Å². The molecular weight excluding hydrogens is 316 g/mol. The van der Waals surface area contributed by atoms with Crippen molar-refractivity contribution in [3.63, 3.8) is 0 Å². The summed E-state index contributed by atoms with van der Waals surface area (Å²) in [7, 11) is -0.388. The van der Waals surface area contributed by atoms with Crippen LogP contribution in [0.2, 0.25) is 0 Å². The van der Waals surface area contributed by atoms with Crippen LogP contribution in [0.4, 0.5) is 0 Å². The molecule has 7 nitrogen and oxygen atoms in total. The molecule has 2 rings (SSSR count). The summed E-state index contributed by atoms with van der Waals surface area (Å²) < 4.78 is 26.4. The standard InChI is InChI=1S/C15H20N4O3S/c1-12-16-17-15(19(12)11-14(20)18(2)3)23(21,22)10-9-13-7-5-4-6-8-13/h4-8H,9-11H2,1-3H3. The first-order chi connectivity index (χ1) is 10.8. The average Bonchev–Trinajstić information content (AvgIpc) is 2.88. The summed E-state index contributed by atoms with van der Waals surface area (Å²) >= 11 is 0. The van der Waals surface area contributed by atoms with Gasteiger partial charge in [-0.15, -0.1) is 10.2 Å². The third-order valence-corrected chi connectivity index (χ3v) is 5.07. The molecule has 1 amide bonds. The van der Waals surface area contributed by atoms with Crippen molar-refractivity contribution < 1.29 is 13.2 Å². The first kappa shape index (κ1) is 17.1. The number of likely N-dealkylation sites (N-methyl/N-ethyl adjacent to an activating group) is 1. The van der Waals surface area contributed by atoms with E-state index in [0.717, 1.165) is 5.56 Å².